The van der Waals surface area contributed by atoms with E-state index in [-0.39, 0.29) is 0 Å². The van der Waals surface area contributed by atoms with Gasteiger partial charge in [0.2, 0.25) is 0 Å². The molecule has 0 spiro atoms. The summed E-state index contributed by atoms with van der Waals surface area (Å²) in [5.41, 5.74) is 1.71. The summed E-state index contributed by atoms with van der Waals surface area (Å²) in [5, 5.41) is 10.0. The van der Waals surface area contributed by atoms with Gasteiger partial charge in [-0.2, -0.15) is 0 Å². The van der Waals surface area contributed by atoms with Gasteiger partial charge in [-0.15, -0.1) is 0 Å². The first-order valence-corrected chi connectivity index (χ1v) is 5.06. The Balaban J connectivity index is 2.54. The number of carboxylic acid groups (broad SMARTS) is 1. The van der Waals surface area contributed by atoms with Crippen LogP contribution in [-0.2, 0) is 11.2 Å². The molecule has 0 aromatic heterocycles. The van der Waals surface area contributed by atoms with Crippen molar-refractivity contribution >= 4 is 29.2 Å². The number of benzene rings is 1. The van der Waals surface area contributed by atoms with Crippen LogP contribution < -0.4 is 0 Å². The second-order valence-electron chi connectivity index (χ2n) is 3.38. The van der Waals surface area contributed by atoms with E-state index in [1.807, 2.05) is 0 Å². The van der Waals surface area contributed by atoms with E-state index in [0.717, 1.165) is 17.5 Å². The number of hydrogen-bond acceptors (Lipinski definition) is 1. The van der Waals surface area contributed by atoms with E-state index in [4.69, 9.17) is 28.3 Å². The van der Waals surface area contributed by atoms with Crippen molar-refractivity contribution in [2.75, 3.05) is 0 Å². The Kier molecular flexibility index (Phi) is 2.41. The van der Waals surface area contributed by atoms with Crippen molar-refractivity contribution < 1.29 is 9.90 Å². The maximum absolute atomic E-state index is 10.9. The molecule has 0 amide bonds. The Morgan fingerprint density at radius 2 is 2.14 bits per heavy atom. The van der Waals surface area contributed by atoms with Crippen molar-refractivity contribution in [1.29, 1.82) is 0 Å². The smallest absolute Gasteiger partial charge is 0.310 e. The molecule has 14 heavy (non-hydrogen) atoms. The van der Waals surface area contributed by atoms with Gasteiger partial charge in [0, 0.05) is 10.0 Å². The number of halogens is 2. The van der Waals surface area contributed by atoms with Crippen LogP contribution in [0.5, 0.6) is 0 Å². The first-order valence-electron chi connectivity index (χ1n) is 4.30. The SMILES string of the molecule is O=C(O)C1CCc2c(Cl)cc(Cl)cc21. The molecule has 2 rings (SSSR count). The maximum Gasteiger partial charge on any atom is 0.310 e. The number of rotatable bonds is 1. The zero-order valence-electron chi connectivity index (χ0n) is 7.26. The minimum absolute atomic E-state index is 0.443. The minimum Gasteiger partial charge on any atom is -0.481 e. The maximum atomic E-state index is 10.9. The highest BCUT2D eigenvalue weighted by Crippen LogP contribution is 2.39. The molecule has 0 heterocycles. The number of hydrogen-bond donors (Lipinski definition) is 1. The molecule has 1 aliphatic rings. The van der Waals surface area contributed by atoms with Gasteiger partial charge in [0.15, 0.2) is 0 Å². The summed E-state index contributed by atoms with van der Waals surface area (Å²) in [6.45, 7) is 0. The number of carbonyl (C=O) groups is 1. The summed E-state index contributed by atoms with van der Waals surface area (Å²) in [7, 11) is 0. The van der Waals surface area contributed by atoms with Gasteiger partial charge in [0.05, 0.1) is 5.92 Å². The molecule has 0 aliphatic heterocycles. The number of aliphatic carboxylic acids is 1. The Labute approximate surface area is 91.4 Å². The molecular weight excluding hydrogens is 223 g/mol. The van der Waals surface area contributed by atoms with Crippen LogP contribution in [0.2, 0.25) is 10.0 Å². The topological polar surface area (TPSA) is 37.3 Å². The van der Waals surface area contributed by atoms with Crippen LogP contribution in [-0.4, -0.2) is 11.1 Å². The molecule has 0 radical (unpaired) electrons. The summed E-state index contributed by atoms with van der Waals surface area (Å²) in [4.78, 5) is 10.9. The summed E-state index contributed by atoms with van der Waals surface area (Å²) >= 11 is 11.8. The fraction of sp³-hybridized carbons (Fsp3) is 0.300. The van der Waals surface area contributed by atoms with Crippen molar-refractivity contribution in [2.24, 2.45) is 0 Å². The van der Waals surface area contributed by atoms with Gasteiger partial charge < -0.3 is 5.11 Å². The van der Waals surface area contributed by atoms with Crippen molar-refractivity contribution in [3.63, 3.8) is 0 Å². The predicted octanol–water partition coefficient (Wildman–Crippen LogP) is 3.11. The lowest BCUT2D eigenvalue weighted by molar-refractivity contribution is -0.138. The minimum atomic E-state index is -0.804. The third-order valence-corrected chi connectivity index (χ3v) is 3.11. The van der Waals surface area contributed by atoms with E-state index in [1.54, 1.807) is 12.1 Å². The largest absolute Gasteiger partial charge is 0.481 e. The molecule has 1 aliphatic carbocycles. The molecule has 1 aromatic rings. The van der Waals surface area contributed by atoms with Gasteiger partial charge in [-0.05, 0) is 36.1 Å². The summed E-state index contributed by atoms with van der Waals surface area (Å²) in [6.07, 6.45) is 1.34. The van der Waals surface area contributed by atoms with E-state index >= 15 is 0 Å². The van der Waals surface area contributed by atoms with Gasteiger partial charge in [-0.1, -0.05) is 23.2 Å². The van der Waals surface area contributed by atoms with Gasteiger partial charge >= 0.3 is 5.97 Å². The summed E-state index contributed by atoms with van der Waals surface area (Å²) < 4.78 is 0. The molecule has 4 heteroatoms. The van der Waals surface area contributed by atoms with Crippen LogP contribution in [0.3, 0.4) is 0 Å². The van der Waals surface area contributed by atoms with Crippen molar-refractivity contribution in [3.05, 3.63) is 33.3 Å². The zero-order valence-corrected chi connectivity index (χ0v) is 8.77. The molecule has 0 fully saturated rings. The van der Waals surface area contributed by atoms with Crippen molar-refractivity contribution in [2.45, 2.75) is 18.8 Å². The molecule has 1 atom stereocenters. The molecule has 1 unspecified atom stereocenters. The highest BCUT2D eigenvalue weighted by Gasteiger charge is 2.30. The van der Waals surface area contributed by atoms with Crippen LogP contribution >= 0.6 is 23.2 Å². The first-order chi connectivity index (χ1) is 6.59. The van der Waals surface area contributed by atoms with Crippen LogP contribution in [0.4, 0.5) is 0 Å². The Morgan fingerprint density at radius 1 is 1.43 bits per heavy atom. The normalized spacial score (nSPS) is 19.4. The van der Waals surface area contributed by atoms with E-state index in [2.05, 4.69) is 0 Å². The molecule has 74 valence electrons. The lowest BCUT2D eigenvalue weighted by Gasteiger charge is -2.07. The van der Waals surface area contributed by atoms with E-state index < -0.39 is 11.9 Å². The summed E-state index contributed by atoms with van der Waals surface area (Å²) in [5.74, 6) is -1.25. The third kappa shape index (κ3) is 1.49. The molecule has 0 bridgehead atoms. The van der Waals surface area contributed by atoms with Crippen LogP contribution in [0, 0.1) is 0 Å². The highest BCUT2D eigenvalue weighted by atomic mass is 35.5. The van der Waals surface area contributed by atoms with E-state index in [1.165, 1.54) is 0 Å². The average molecular weight is 231 g/mol. The lowest BCUT2D eigenvalue weighted by atomic mass is 10.0. The van der Waals surface area contributed by atoms with Crippen LogP contribution in [0.25, 0.3) is 0 Å². The molecule has 1 N–H and O–H groups in total. The quantitative estimate of drug-likeness (QED) is 0.806. The number of fused-ring (bicyclic) bond motifs is 1. The lowest BCUT2D eigenvalue weighted by Crippen LogP contribution is -2.07. The molecular formula is C10H8Cl2O2. The fourth-order valence-electron chi connectivity index (χ4n) is 1.90. The highest BCUT2D eigenvalue weighted by molar-refractivity contribution is 6.35. The molecule has 2 nitrogen and oxygen atoms in total. The Bertz CT molecular complexity index is 401. The predicted molar refractivity (Wildman–Crippen MR) is 55.2 cm³/mol. The monoisotopic (exact) mass is 230 g/mol. The molecule has 0 saturated heterocycles. The number of carboxylic acids is 1. The molecule has 1 aromatic carbocycles. The van der Waals surface area contributed by atoms with Gasteiger partial charge in [0.25, 0.3) is 0 Å². The summed E-state index contributed by atoms with van der Waals surface area (Å²) in [6, 6.07) is 3.36. The van der Waals surface area contributed by atoms with E-state index in [9.17, 15) is 4.79 Å². The second-order valence-corrected chi connectivity index (χ2v) is 4.23. The van der Waals surface area contributed by atoms with Gasteiger partial charge in [-0.25, -0.2) is 0 Å². The standard InChI is InChI=1S/C10H8Cl2O2/c11-5-3-8-6(9(12)4-5)1-2-7(8)10(13)14/h3-4,7H,1-2H2,(H,13,14). The van der Waals surface area contributed by atoms with Gasteiger partial charge in [-0.3, -0.25) is 4.79 Å². The molecule has 0 saturated carbocycles. The van der Waals surface area contributed by atoms with Crippen molar-refractivity contribution in [1.82, 2.24) is 0 Å². The van der Waals surface area contributed by atoms with Crippen LogP contribution in [0.15, 0.2) is 12.1 Å². The van der Waals surface area contributed by atoms with Crippen molar-refractivity contribution in [3.8, 4) is 0 Å². The van der Waals surface area contributed by atoms with E-state index in [0.29, 0.717) is 16.5 Å². The average Bonchev–Trinajstić information content (AvgIpc) is 2.47. The van der Waals surface area contributed by atoms with Gasteiger partial charge in [0.1, 0.15) is 0 Å². The third-order valence-electron chi connectivity index (χ3n) is 2.55. The van der Waals surface area contributed by atoms with Crippen LogP contribution in [0.1, 0.15) is 23.5 Å². The fourth-order valence-corrected chi connectivity index (χ4v) is 2.50. The Hall–Kier alpha value is -0.730. The second kappa shape index (κ2) is 3.44. The Morgan fingerprint density at radius 3 is 2.79 bits per heavy atom. The first kappa shape index (κ1) is 9.81. The zero-order chi connectivity index (χ0) is 10.3.